The van der Waals surface area contributed by atoms with Crippen LogP contribution in [-0.4, -0.2) is 6.54 Å². The molecule has 1 aromatic rings. The Kier molecular flexibility index (Phi) is 4.35. The second-order valence-corrected chi connectivity index (χ2v) is 6.02. The Hall–Kier alpha value is -0.240. The molecule has 3 heteroatoms. The standard InChI is InChI=1S/C14H19Cl2N/c15-12-4-5-13(16)11(8-12)9-14(10-17)6-2-1-3-7-14/h4-5,8H,1-3,6-7,9-10,17H2. The van der Waals surface area contributed by atoms with Gasteiger partial charge < -0.3 is 5.73 Å². The summed E-state index contributed by atoms with van der Waals surface area (Å²) in [5.41, 5.74) is 7.39. The molecule has 0 spiro atoms. The number of hydrogen-bond acceptors (Lipinski definition) is 1. The third-order valence-corrected chi connectivity index (χ3v) is 4.52. The van der Waals surface area contributed by atoms with Crippen molar-refractivity contribution in [3.63, 3.8) is 0 Å². The topological polar surface area (TPSA) is 26.0 Å². The lowest BCUT2D eigenvalue weighted by Gasteiger charge is -2.36. The minimum Gasteiger partial charge on any atom is -0.330 e. The van der Waals surface area contributed by atoms with Gasteiger partial charge in [-0.25, -0.2) is 0 Å². The zero-order valence-electron chi connectivity index (χ0n) is 10.0. The molecular formula is C14H19Cl2N. The number of benzene rings is 1. The smallest absolute Gasteiger partial charge is 0.0439 e. The van der Waals surface area contributed by atoms with Crippen molar-refractivity contribution in [3.05, 3.63) is 33.8 Å². The van der Waals surface area contributed by atoms with Gasteiger partial charge in [-0.3, -0.25) is 0 Å². The van der Waals surface area contributed by atoms with Gasteiger partial charge in [0.25, 0.3) is 0 Å². The van der Waals surface area contributed by atoms with E-state index in [1.165, 1.54) is 32.1 Å². The van der Waals surface area contributed by atoms with Crippen LogP contribution in [0.25, 0.3) is 0 Å². The van der Waals surface area contributed by atoms with E-state index in [0.29, 0.717) is 0 Å². The van der Waals surface area contributed by atoms with Crippen molar-refractivity contribution in [3.8, 4) is 0 Å². The fourth-order valence-corrected chi connectivity index (χ4v) is 3.22. The molecule has 0 bridgehead atoms. The molecular weight excluding hydrogens is 253 g/mol. The van der Waals surface area contributed by atoms with Gasteiger partial charge >= 0.3 is 0 Å². The first-order valence-corrected chi connectivity index (χ1v) is 7.05. The zero-order chi connectivity index (χ0) is 12.3. The maximum atomic E-state index is 6.23. The molecule has 17 heavy (non-hydrogen) atoms. The van der Waals surface area contributed by atoms with Crippen molar-refractivity contribution in [2.75, 3.05) is 6.54 Å². The van der Waals surface area contributed by atoms with E-state index in [1.54, 1.807) is 0 Å². The minimum absolute atomic E-state index is 0.243. The van der Waals surface area contributed by atoms with Gasteiger partial charge in [-0.15, -0.1) is 0 Å². The Bertz CT molecular complexity index is 384. The molecule has 0 radical (unpaired) electrons. The maximum Gasteiger partial charge on any atom is 0.0439 e. The summed E-state index contributed by atoms with van der Waals surface area (Å²) in [7, 11) is 0. The molecule has 1 saturated carbocycles. The second-order valence-electron chi connectivity index (χ2n) is 5.18. The van der Waals surface area contributed by atoms with Crippen molar-refractivity contribution in [1.82, 2.24) is 0 Å². The highest BCUT2D eigenvalue weighted by molar-refractivity contribution is 6.33. The summed E-state index contributed by atoms with van der Waals surface area (Å²) in [4.78, 5) is 0. The summed E-state index contributed by atoms with van der Waals surface area (Å²) >= 11 is 12.3. The molecule has 1 aromatic carbocycles. The quantitative estimate of drug-likeness (QED) is 0.864. The summed E-state index contributed by atoms with van der Waals surface area (Å²) < 4.78 is 0. The van der Waals surface area contributed by atoms with E-state index in [9.17, 15) is 0 Å². The summed E-state index contributed by atoms with van der Waals surface area (Å²) in [5.74, 6) is 0. The molecule has 1 fully saturated rings. The van der Waals surface area contributed by atoms with Crippen molar-refractivity contribution < 1.29 is 0 Å². The summed E-state index contributed by atoms with van der Waals surface area (Å²) in [5, 5.41) is 1.57. The van der Waals surface area contributed by atoms with Crippen LogP contribution in [0.2, 0.25) is 10.0 Å². The summed E-state index contributed by atoms with van der Waals surface area (Å²) in [6.07, 6.45) is 7.30. The maximum absolute atomic E-state index is 6.23. The van der Waals surface area contributed by atoms with Crippen LogP contribution in [0.15, 0.2) is 18.2 Å². The number of hydrogen-bond donors (Lipinski definition) is 1. The molecule has 0 saturated heterocycles. The number of halogens is 2. The molecule has 0 aliphatic heterocycles. The minimum atomic E-state index is 0.243. The van der Waals surface area contributed by atoms with E-state index in [-0.39, 0.29) is 5.41 Å². The summed E-state index contributed by atoms with van der Waals surface area (Å²) in [6, 6.07) is 5.70. The average Bonchev–Trinajstić information content (AvgIpc) is 2.35. The molecule has 1 nitrogen and oxygen atoms in total. The average molecular weight is 272 g/mol. The van der Waals surface area contributed by atoms with Gasteiger partial charge in [0.15, 0.2) is 0 Å². The van der Waals surface area contributed by atoms with Crippen LogP contribution in [-0.2, 0) is 6.42 Å². The monoisotopic (exact) mass is 271 g/mol. The van der Waals surface area contributed by atoms with Crippen LogP contribution in [0.1, 0.15) is 37.7 Å². The van der Waals surface area contributed by atoms with E-state index in [2.05, 4.69) is 0 Å². The van der Waals surface area contributed by atoms with E-state index in [1.807, 2.05) is 18.2 Å². The number of nitrogens with two attached hydrogens (primary N) is 1. The molecule has 0 heterocycles. The van der Waals surface area contributed by atoms with Crippen molar-refractivity contribution in [1.29, 1.82) is 0 Å². The normalized spacial score (nSPS) is 19.2. The molecule has 2 N–H and O–H groups in total. The van der Waals surface area contributed by atoms with Gasteiger partial charge in [0.2, 0.25) is 0 Å². The van der Waals surface area contributed by atoms with E-state index >= 15 is 0 Å². The van der Waals surface area contributed by atoms with Gasteiger partial charge in [0.05, 0.1) is 0 Å². The highest BCUT2D eigenvalue weighted by Gasteiger charge is 2.31. The molecule has 2 rings (SSSR count). The molecule has 0 amide bonds. The van der Waals surface area contributed by atoms with Crippen molar-refractivity contribution in [2.24, 2.45) is 11.1 Å². The Balaban J connectivity index is 2.20. The third kappa shape index (κ3) is 3.15. The molecule has 0 atom stereocenters. The molecule has 1 aliphatic rings. The number of rotatable bonds is 3. The van der Waals surface area contributed by atoms with Crippen LogP contribution in [0, 0.1) is 5.41 Å². The largest absolute Gasteiger partial charge is 0.330 e. The van der Waals surface area contributed by atoms with Crippen LogP contribution < -0.4 is 5.73 Å². The van der Waals surface area contributed by atoms with Crippen LogP contribution in [0.4, 0.5) is 0 Å². The lowest BCUT2D eigenvalue weighted by Crippen LogP contribution is -2.35. The zero-order valence-corrected chi connectivity index (χ0v) is 11.5. The SMILES string of the molecule is NCC1(Cc2cc(Cl)ccc2Cl)CCCCC1. The second kappa shape index (κ2) is 5.60. The van der Waals surface area contributed by atoms with E-state index in [0.717, 1.165) is 28.6 Å². The molecule has 1 aliphatic carbocycles. The van der Waals surface area contributed by atoms with Crippen LogP contribution in [0.5, 0.6) is 0 Å². The van der Waals surface area contributed by atoms with Crippen molar-refractivity contribution in [2.45, 2.75) is 38.5 Å². The van der Waals surface area contributed by atoms with Gasteiger partial charge in [0, 0.05) is 10.0 Å². The Morgan fingerprint density at radius 1 is 1.12 bits per heavy atom. The molecule has 0 aromatic heterocycles. The van der Waals surface area contributed by atoms with Crippen LogP contribution in [0.3, 0.4) is 0 Å². The Morgan fingerprint density at radius 2 is 1.82 bits per heavy atom. The Morgan fingerprint density at radius 3 is 2.47 bits per heavy atom. The fourth-order valence-electron chi connectivity index (χ4n) is 2.84. The predicted octanol–water partition coefficient (Wildman–Crippen LogP) is 4.45. The lowest BCUT2D eigenvalue weighted by atomic mass is 9.70. The molecule has 94 valence electrons. The van der Waals surface area contributed by atoms with Gasteiger partial charge in [-0.05, 0) is 55.0 Å². The van der Waals surface area contributed by atoms with Crippen LogP contribution >= 0.6 is 23.2 Å². The highest BCUT2D eigenvalue weighted by atomic mass is 35.5. The third-order valence-electron chi connectivity index (χ3n) is 3.92. The Labute approximate surface area is 113 Å². The van der Waals surface area contributed by atoms with Gasteiger partial charge in [-0.1, -0.05) is 42.5 Å². The first-order valence-electron chi connectivity index (χ1n) is 6.29. The first kappa shape index (κ1) is 13.2. The predicted molar refractivity (Wildman–Crippen MR) is 74.7 cm³/mol. The highest BCUT2D eigenvalue weighted by Crippen LogP contribution is 2.39. The van der Waals surface area contributed by atoms with Gasteiger partial charge in [0.1, 0.15) is 0 Å². The van der Waals surface area contributed by atoms with Gasteiger partial charge in [-0.2, -0.15) is 0 Å². The molecule has 0 unspecified atom stereocenters. The first-order chi connectivity index (χ1) is 8.15. The van der Waals surface area contributed by atoms with E-state index < -0.39 is 0 Å². The lowest BCUT2D eigenvalue weighted by molar-refractivity contribution is 0.197. The van der Waals surface area contributed by atoms with Crippen molar-refractivity contribution >= 4 is 23.2 Å². The summed E-state index contributed by atoms with van der Waals surface area (Å²) in [6.45, 7) is 0.746. The fraction of sp³-hybridized carbons (Fsp3) is 0.571. The van der Waals surface area contributed by atoms with E-state index in [4.69, 9.17) is 28.9 Å².